The van der Waals surface area contributed by atoms with E-state index in [1.54, 1.807) is 37.3 Å². The first-order valence-electron chi connectivity index (χ1n) is 8.76. The molecule has 0 radical (unpaired) electrons. The molecule has 4 heterocycles. The van der Waals surface area contributed by atoms with Crippen LogP contribution < -0.4 is 0 Å². The average molecular weight is 348 g/mol. The summed E-state index contributed by atoms with van der Waals surface area (Å²) in [6.45, 7) is 1.48. The van der Waals surface area contributed by atoms with Gasteiger partial charge in [-0.15, -0.1) is 0 Å². The number of aromatic nitrogens is 5. The van der Waals surface area contributed by atoms with Gasteiger partial charge in [0.2, 0.25) is 5.91 Å². The SMILES string of the molecule is O=C(Cc1cccnc1)N1CCC[C@@H](c2cncc(-n3ccnc3)n2)C1. The van der Waals surface area contributed by atoms with Crippen LogP contribution in [0.4, 0.5) is 0 Å². The predicted octanol–water partition coefficient (Wildman–Crippen LogP) is 2.01. The molecule has 1 aliphatic heterocycles. The highest BCUT2D eigenvalue weighted by Crippen LogP contribution is 2.26. The molecule has 1 saturated heterocycles. The summed E-state index contributed by atoms with van der Waals surface area (Å²) in [6.07, 6.45) is 14.6. The van der Waals surface area contributed by atoms with Gasteiger partial charge in [-0.05, 0) is 24.5 Å². The van der Waals surface area contributed by atoms with Gasteiger partial charge in [-0.3, -0.25) is 19.3 Å². The summed E-state index contributed by atoms with van der Waals surface area (Å²) in [7, 11) is 0. The summed E-state index contributed by atoms with van der Waals surface area (Å²) >= 11 is 0. The first kappa shape index (κ1) is 16.4. The molecular weight excluding hydrogens is 328 g/mol. The van der Waals surface area contributed by atoms with Gasteiger partial charge in [0.15, 0.2) is 5.82 Å². The summed E-state index contributed by atoms with van der Waals surface area (Å²) in [4.78, 5) is 31.8. The van der Waals surface area contributed by atoms with Crippen LogP contribution >= 0.6 is 0 Å². The molecule has 0 bridgehead atoms. The molecule has 0 N–H and O–H groups in total. The molecule has 0 saturated carbocycles. The number of pyridine rings is 1. The number of nitrogens with zero attached hydrogens (tertiary/aromatic N) is 6. The zero-order valence-electron chi connectivity index (χ0n) is 14.4. The molecule has 132 valence electrons. The highest BCUT2D eigenvalue weighted by Gasteiger charge is 2.26. The lowest BCUT2D eigenvalue weighted by Gasteiger charge is -2.32. The van der Waals surface area contributed by atoms with Crippen molar-refractivity contribution in [3.05, 3.63) is 66.9 Å². The fraction of sp³-hybridized carbons (Fsp3) is 0.316. The first-order valence-corrected chi connectivity index (χ1v) is 8.76. The zero-order valence-corrected chi connectivity index (χ0v) is 14.4. The lowest BCUT2D eigenvalue weighted by molar-refractivity contribution is -0.131. The molecule has 7 heteroatoms. The number of rotatable bonds is 4. The standard InChI is InChI=1S/C19H20N6O/c26-19(9-15-3-1-5-20-10-15)24-7-2-4-16(13-24)17-11-22-12-18(23-17)25-8-6-21-14-25/h1,3,5-6,8,10-12,14,16H,2,4,7,9,13H2/t16-/m1/s1. The third-order valence-electron chi connectivity index (χ3n) is 4.68. The van der Waals surface area contributed by atoms with Crippen LogP contribution in [0.15, 0.2) is 55.6 Å². The molecule has 3 aromatic heterocycles. The van der Waals surface area contributed by atoms with Crippen molar-refractivity contribution in [3.8, 4) is 5.82 Å². The van der Waals surface area contributed by atoms with E-state index in [4.69, 9.17) is 4.98 Å². The second-order valence-electron chi connectivity index (χ2n) is 6.49. The second-order valence-corrected chi connectivity index (χ2v) is 6.49. The number of likely N-dealkylation sites (tertiary alicyclic amines) is 1. The summed E-state index contributed by atoms with van der Waals surface area (Å²) in [6, 6.07) is 3.80. The van der Waals surface area contributed by atoms with E-state index in [2.05, 4.69) is 15.0 Å². The van der Waals surface area contributed by atoms with Crippen molar-refractivity contribution in [2.75, 3.05) is 13.1 Å². The first-order chi connectivity index (χ1) is 12.8. The number of piperidine rings is 1. The summed E-state index contributed by atoms with van der Waals surface area (Å²) in [5, 5.41) is 0. The number of hydrogen-bond donors (Lipinski definition) is 0. The maximum Gasteiger partial charge on any atom is 0.227 e. The summed E-state index contributed by atoms with van der Waals surface area (Å²) < 4.78 is 1.84. The molecule has 0 unspecified atom stereocenters. The van der Waals surface area contributed by atoms with Crippen molar-refractivity contribution < 1.29 is 4.79 Å². The molecule has 0 spiro atoms. The van der Waals surface area contributed by atoms with Crippen molar-refractivity contribution in [3.63, 3.8) is 0 Å². The van der Waals surface area contributed by atoms with Gasteiger partial charge >= 0.3 is 0 Å². The number of imidazole rings is 1. The summed E-state index contributed by atoms with van der Waals surface area (Å²) in [5.74, 6) is 1.10. The predicted molar refractivity (Wildman–Crippen MR) is 95.7 cm³/mol. The third kappa shape index (κ3) is 3.61. The summed E-state index contributed by atoms with van der Waals surface area (Å²) in [5.41, 5.74) is 1.87. The minimum absolute atomic E-state index is 0.140. The lowest BCUT2D eigenvalue weighted by Crippen LogP contribution is -2.40. The molecule has 1 fully saturated rings. The van der Waals surface area contributed by atoms with Gasteiger partial charge in [-0.2, -0.15) is 0 Å². The van der Waals surface area contributed by atoms with Gasteiger partial charge in [0, 0.05) is 50.0 Å². The van der Waals surface area contributed by atoms with Crippen molar-refractivity contribution >= 4 is 5.91 Å². The molecule has 7 nitrogen and oxygen atoms in total. The van der Waals surface area contributed by atoms with E-state index in [1.165, 1.54) is 0 Å². The molecule has 1 aliphatic rings. The smallest absolute Gasteiger partial charge is 0.227 e. The number of hydrogen-bond acceptors (Lipinski definition) is 5. The zero-order chi connectivity index (χ0) is 17.8. The lowest BCUT2D eigenvalue weighted by atomic mass is 9.94. The molecular formula is C19H20N6O. The van der Waals surface area contributed by atoms with E-state index in [0.29, 0.717) is 13.0 Å². The highest BCUT2D eigenvalue weighted by molar-refractivity contribution is 5.78. The Morgan fingerprint density at radius 2 is 2.12 bits per heavy atom. The van der Waals surface area contributed by atoms with E-state index in [-0.39, 0.29) is 11.8 Å². The Kier molecular flexibility index (Phi) is 4.68. The Balaban J connectivity index is 1.47. The maximum atomic E-state index is 12.6. The molecule has 0 aromatic carbocycles. The van der Waals surface area contributed by atoms with E-state index < -0.39 is 0 Å². The topological polar surface area (TPSA) is 76.8 Å². The minimum Gasteiger partial charge on any atom is -0.342 e. The quantitative estimate of drug-likeness (QED) is 0.721. The van der Waals surface area contributed by atoms with Crippen LogP contribution in [0.25, 0.3) is 5.82 Å². The molecule has 3 aromatic rings. The Labute approximate surface area is 151 Å². The molecule has 26 heavy (non-hydrogen) atoms. The van der Waals surface area contributed by atoms with Gasteiger partial charge < -0.3 is 4.90 Å². The van der Waals surface area contributed by atoms with Crippen LogP contribution in [-0.2, 0) is 11.2 Å². The van der Waals surface area contributed by atoms with Crippen LogP contribution in [0.5, 0.6) is 0 Å². The van der Waals surface area contributed by atoms with Gasteiger partial charge in [-0.1, -0.05) is 6.07 Å². The molecule has 0 aliphatic carbocycles. The Morgan fingerprint density at radius 1 is 1.15 bits per heavy atom. The largest absolute Gasteiger partial charge is 0.342 e. The average Bonchev–Trinajstić information content (AvgIpc) is 3.24. The van der Waals surface area contributed by atoms with E-state index in [0.717, 1.165) is 36.5 Å². The van der Waals surface area contributed by atoms with Crippen LogP contribution in [0.3, 0.4) is 0 Å². The monoisotopic (exact) mass is 348 g/mol. The van der Waals surface area contributed by atoms with Crippen molar-refractivity contribution in [1.29, 1.82) is 0 Å². The van der Waals surface area contributed by atoms with Crippen LogP contribution in [0.1, 0.15) is 30.0 Å². The Bertz CT molecular complexity index is 865. The number of amides is 1. The number of carbonyl (C=O) groups is 1. The maximum absolute atomic E-state index is 12.6. The van der Waals surface area contributed by atoms with Gasteiger partial charge in [-0.25, -0.2) is 9.97 Å². The van der Waals surface area contributed by atoms with Crippen LogP contribution in [0.2, 0.25) is 0 Å². The molecule has 1 atom stereocenters. The van der Waals surface area contributed by atoms with Crippen molar-refractivity contribution in [2.45, 2.75) is 25.2 Å². The van der Waals surface area contributed by atoms with Crippen molar-refractivity contribution in [2.24, 2.45) is 0 Å². The highest BCUT2D eigenvalue weighted by atomic mass is 16.2. The third-order valence-corrected chi connectivity index (χ3v) is 4.68. The fourth-order valence-electron chi connectivity index (χ4n) is 3.32. The Morgan fingerprint density at radius 3 is 2.92 bits per heavy atom. The molecule has 4 rings (SSSR count). The molecule has 1 amide bonds. The van der Waals surface area contributed by atoms with Crippen LogP contribution in [0, 0.1) is 0 Å². The van der Waals surface area contributed by atoms with Crippen LogP contribution in [-0.4, -0.2) is 48.4 Å². The number of carbonyl (C=O) groups excluding carboxylic acids is 1. The Hall–Kier alpha value is -3.09. The normalized spacial score (nSPS) is 17.2. The van der Waals surface area contributed by atoms with E-state index in [9.17, 15) is 4.79 Å². The van der Waals surface area contributed by atoms with E-state index in [1.807, 2.05) is 27.8 Å². The van der Waals surface area contributed by atoms with Gasteiger partial charge in [0.25, 0.3) is 0 Å². The second kappa shape index (κ2) is 7.43. The minimum atomic E-state index is 0.140. The van der Waals surface area contributed by atoms with E-state index >= 15 is 0 Å². The fourth-order valence-corrected chi connectivity index (χ4v) is 3.32. The van der Waals surface area contributed by atoms with Gasteiger partial charge in [0.1, 0.15) is 6.33 Å². The van der Waals surface area contributed by atoms with Gasteiger partial charge in [0.05, 0.1) is 18.3 Å². The van der Waals surface area contributed by atoms with Crippen molar-refractivity contribution in [1.82, 2.24) is 29.4 Å².